The average Bonchev–Trinajstić information content (AvgIpc) is 2.78. The van der Waals surface area contributed by atoms with Crippen LogP contribution in [0.2, 0.25) is 0 Å². The van der Waals surface area contributed by atoms with Gasteiger partial charge in [0.05, 0.1) is 6.61 Å². The summed E-state index contributed by atoms with van der Waals surface area (Å²) < 4.78 is 5.21. The first-order valence-corrected chi connectivity index (χ1v) is 5.88. The molecule has 1 rings (SSSR count). The lowest BCUT2D eigenvalue weighted by Gasteiger charge is -2.18. The van der Waals surface area contributed by atoms with E-state index in [-0.39, 0.29) is 12.5 Å². The summed E-state index contributed by atoms with van der Waals surface area (Å²) in [5.74, 6) is -0.423. The van der Waals surface area contributed by atoms with Gasteiger partial charge in [0, 0.05) is 39.1 Å². The van der Waals surface area contributed by atoms with Crippen LogP contribution in [0.25, 0.3) is 0 Å². The van der Waals surface area contributed by atoms with Crippen LogP contribution in [0.1, 0.15) is 19.3 Å². The smallest absolute Gasteiger partial charge is 0.317 e. The number of carboxylic acid groups (broad SMARTS) is 1. The summed E-state index contributed by atoms with van der Waals surface area (Å²) in [5.41, 5.74) is 0. The van der Waals surface area contributed by atoms with Crippen LogP contribution in [0.5, 0.6) is 0 Å². The van der Waals surface area contributed by atoms with Crippen LogP contribution in [0.15, 0.2) is 0 Å². The molecule has 2 amide bonds. The summed E-state index contributed by atoms with van der Waals surface area (Å²) in [6, 6.07) is -0.151. The Bertz CT molecular complexity index is 264. The second-order valence-electron chi connectivity index (χ2n) is 4.33. The fourth-order valence-electron chi connectivity index (χ4n) is 1.68. The number of nitrogens with one attached hydrogen (secondary N) is 1. The minimum Gasteiger partial charge on any atom is -0.481 e. The van der Waals surface area contributed by atoms with Crippen LogP contribution in [-0.2, 0) is 9.53 Å². The Morgan fingerprint density at radius 1 is 1.53 bits per heavy atom. The van der Waals surface area contributed by atoms with Gasteiger partial charge in [-0.05, 0) is 12.8 Å². The summed E-state index contributed by atoms with van der Waals surface area (Å²) in [6.07, 6.45) is 1.56. The number of carboxylic acids is 1. The molecule has 6 nitrogen and oxygen atoms in total. The molecule has 1 saturated heterocycles. The van der Waals surface area contributed by atoms with Crippen molar-refractivity contribution in [3.8, 4) is 0 Å². The van der Waals surface area contributed by atoms with Gasteiger partial charge in [-0.25, -0.2) is 4.79 Å². The molecule has 0 aromatic heterocycles. The van der Waals surface area contributed by atoms with Gasteiger partial charge in [0.2, 0.25) is 0 Å². The molecule has 1 aliphatic heterocycles. The Morgan fingerprint density at radius 3 is 2.88 bits per heavy atom. The molecule has 2 N–H and O–H groups in total. The summed E-state index contributed by atoms with van der Waals surface area (Å²) in [6.45, 7) is 2.57. The van der Waals surface area contributed by atoms with Gasteiger partial charge >= 0.3 is 12.0 Å². The largest absolute Gasteiger partial charge is 0.481 e. The predicted molar refractivity (Wildman–Crippen MR) is 61.8 cm³/mol. The molecule has 0 aromatic carbocycles. The first-order valence-electron chi connectivity index (χ1n) is 5.88. The van der Waals surface area contributed by atoms with Crippen molar-refractivity contribution in [1.29, 1.82) is 0 Å². The molecule has 0 radical (unpaired) electrons. The third kappa shape index (κ3) is 5.53. The molecule has 0 aliphatic carbocycles. The maximum absolute atomic E-state index is 11.6. The molecule has 0 bridgehead atoms. The Labute approximate surface area is 101 Å². The average molecular weight is 244 g/mol. The van der Waals surface area contributed by atoms with Gasteiger partial charge in [-0.1, -0.05) is 0 Å². The highest BCUT2D eigenvalue weighted by Crippen LogP contribution is 2.10. The number of amides is 2. The van der Waals surface area contributed by atoms with Crippen molar-refractivity contribution in [1.82, 2.24) is 10.2 Å². The molecule has 0 spiro atoms. The zero-order chi connectivity index (χ0) is 12.7. The number of ether oxygens (including phenoxy) is 1. The predicted octanol–water partition coefficient (Wildman–Crippen LogP) is 0.529. The SMILES string of the molecule is CN(CCCC(=O)O)C(=O)NCC1CCOC1. The zero-order valence-corrected chi connectivity index (χ0v) is 10.1. The van der Waals surface area contributed by atoms with Crippen molar-refractivity contribution >= 4 is 12.0 Å². The number of aliphatic carboxylic acids is 1. The van der Waals surface area contributed by atoms with Crippen LogP contribution in [0.4, 0.5) is 4.79 Å². The topological polar surface area (TPSA) is 78.9 Å². The number of carbonyl (C=O) groups excluding carboxylic acids is 1. The molecule has 1 heterocycles. The molecule has 0 saturated carbocycles. The van der Waals surface area contributed by atoms with Gasteiger partial charge in [0.1, 0.15) is 0 Å². The number of carbonyl (C=O) groups is 2. The van der Waals surface area contributed by atoms with Gasteiger partial charge < -0.3 is 20.1 Å². The fourth-order valence-corrected chi connectivity index (χ4v) is 1.68. The monoisotopic (exact) mass is 244 g/mol. The molecule has 17 heavy (non-hydrogen) atoms. The fraction of sp³-hybridized carbons (Fsp3) is 0.818. The number of nitrogens with zero attached hydrogens (tertiary/aromatic N) is 1. The van der Waals surface area contributed by atoms with E-state index in [2.05, 4.69) is 5.32 Å². The zero-order valence-electron chi connectivity index (χ0n) is 10.1. The Balaban J connectivity index is 2.10. The number of rotatable bonds is 6. The maximum atomic E-state index is 11.6. The summed E-state index contributed by atoms with van der Waals surface area (Å²) in [7, 11) is 1.67. The minimum atomic E-state index is -0.832. The van der Waals surface area contributed by atoms with Gasteiger partial charge in [0.15, 0.2) is 0 Å². The second-order valence-corrected chi connectivity index (χ2v) is 4.33. The lowest BCUT2D eigenvalue weighted by Crippen LogP contribution is -2.40. The van der Waals surface area contributed by atoms with E-state index in [0.717, 1.165) is 13.0 Å². The second kappa shape index (κ2) is 7.11. The Hall–Kier alpha value is -1.30. The molecule has 1 fully saturated rings. The van der Waals surface area contributed by atoms with Crippen molar-refractivity contribution in [2.75, 3.05) is 33.4 Å². The third-order valence-corrected chi connectivity index (χ3v) is 2.80. The van der Waals surface area contributed by atoms with E-state index in [4.69, 9.17) is 9.84 Å². The van der Waals surface area contributed by atoms with E-state index in [1.54, 1.807) is 7.05 Å². The van der Waals surface area contributed by atoms with E-state index >= 15 is 0 Å². The molecular weight excluding hydrogens is 224 g/mol. The molecule has 0 aromatic rings. The lowest BCUT2D eigenvalue weighted by atomic mass is 10.1. The number of hydrogen-bond donors (Lipinski definition) is 2. The van der Waals surface area contributed by atoms with Crippen LogP contribution >= 0.6 is 0 Å². The number of hydrogen-bond acceptors (Lipinski definition) is 3. The van der Waals surface area contributed by atoms with Gasteiger partial charge in [-0.3, -0.25) is 4.79 Å². The molecular formula is C11H20N2O4. The van der Waals surface area contributed by atoms with Crippen molar-refractivity contribution in [2.45, 2.75) is 19.3 Å². The van der Waals surface area contributed by atoms with E-state index in [0.29, 0.717) is 32.0 Å². The van der Waals surface area contributed by atoms with Crippen LogP contribution in [0.3, 0.4) is 0 Å². The van der Waals surface area contributed by atoms with E-state index in [1.165, 1.54) is 4.90 Å². The normalized spacial score (nSPS) is 19.0. The quantitative estimate of drug-likeness (QED) is 0.714. The van der Waals surface area contributed by atoms with Gasteiger partial charge in [-0.2, -0.15) is 0 Å². The first kappa shape index (κ1) is 13.8. The van der Waals surface area contributed by atoms with Gasteiger partial charge in [-0.15, -0.1) is 0 Å². The van der Waals surface area contributed by atoms with Crippen LogP contribution < -0.4 is 5.32 Å². The van der Waals surface area contributed by atoms with Crippen molar-refractivity contribution < 1.29 is 19.4 Å². The van der Waals surface area contributed by atoms with Gasteiger partial charge in [0.25, 0.3) is 0 Å². The highest BCUT2D eigenvalue weighted by Gasteiger charge is 2.17. The van der Waals surface area contributed by atoms with Crippen LogP contribution in [-0.4, -0.2) is 55.4 Å². The van der Waals surface area contributed by atoms with Crippen LogP contribution in [0, 0.1) is 5.92 Å². The highest BCUT2D eigenvalue weighted by atomic mass is 16.5. The van der Waals surface area contributed by atoms with Crippen molar-refractivity contribution in [2.24, 2.45) is 5.92 Å². The minimum absolute atomic E-state index is 0.0914. The Kier molecular flexibility index (Phi) is 5.76. The van der Waals surface area contributed by atoms with Crippen molar-refractivity contribution in [3.63, 3.8) is 0 Å². The molecule has 1 aliphatic rings. The first-order chi connectivity index (χ1) is 8.09. The summed E-state index contributed by atoms with van der Waals surface area (Å²) >= 11 is 0. The van der Waals surface area contributed by atoms with E-state index in [9.17, 15) is 9.59 Å². The van der Waals surface area contributed by atoms with Crippen molar-refractivity contribution in [3.05, 3.63) is 0 Å². The molecule has 1 atom stereocenters. The maximum Gasteiger partial charge on any atom is 0.317 e. The molecule has 6 heteroatoms. The highest BCUT2D eigenvalue weighted by molar-refractivity contribution is 5.73. The molecule has 98 valence electrons. The lowest BCUT2D eigenvalue weighted by molar-refractivity contribution is -0.137. The standard InChI is InChI=1S/C11H20N2O4/c1-13(5-2-3-10(14)15)11(16)12-7-9-4-6-17-8-9/h9H,2-8H2,1H3,(H,12,16)(H,14,15). The summed E-state index contributed by atoms with van der Waals surface area (Å²) in [5, 5.41) is 11.3. The Morgan fingerprint density at radius 2 is 2.29 bits per heavy atom. The summed E-state index contributed by atoms with van der Waals surface area (Å²) in [4.78, 5) is 23.4. The number of urea groups is 1. The van der Waals surface area contributed by atoms with E-state index < -0.39 is 5.97 Å². The van der Waals surface area contributed by atoms with E-state index in [1.807, 2.05) is 0 Å². The molecule has 1 unspecified atom stereocenters. The third-order valence-electron chi connectivity index (χ3n) is 2.80.